The Morgan fingerprint density at radius 2 is 0.963 bits per heavy atom. The van der Waals surface area contributed by atoms with Crippen LogP contribution in [0.3, 0.4) is 0 Å². The summed E-state index contributed by atoms with van der Waals surface area (Å²) in [5, 5.41) is 0. The molecule has 0 aliphatic heterocycles. The third-order valence-corrected chi connectivity index (χ3v) is 5.03. The molecule has 0 saturated heterocycles. The number of nitrogens with two attached hydrogens (primary N) is 1. The SMILES string of the molecule is Cc1ccc(-c2ccc(-c3ccccc3)c(N)c2-c2ccc(C)cc2)cc1. The van der Waals surface area contributed by atoms with Crippen molar-refractivity contribution in [2.24, 2.45) is 0 Å². The van der Waals surface area contributed by atoms with Crippen LogP contribution in [0.25, 0.3) is 33.4 Å². The van der Waals surface area contributed by atoms with E-state index < -0.39 is 0 Å². The van der Waals surface area contributed by atoms with Gasteiger partial charge in [-0.05, 0) is 36.1 Å². The number of aryl methyl sites for hydroxylation is 2. The number of rotatable bonds is 3. The van der Waals surface area contributed by atoms with Crippen LogP contribution < -0.4 is 5.73 Å². The highest BCUT2D eigenvalue weighted by molar-refractivity contribution is 5.98. The van der Waals surface area contributed by atoms with Crippen LogP contribution in [0, 0.1) is 13.8 Å². The minimum absolute atomic E-state index is 0.822. The van der Waals surface area contributed by atoms with Gasteiger partial charge in [0.2, 0.25) is 0 Å². The van der Waals surface area contributed by atoms with E-state index in [1.54, 1.807) is 0 Å². The second kappa shape index (κ2) is 7.13. The van der Waals surface area contributed by atoms with Crippen LogP contribution in [0.15, 0.2) is 91.0 Å². The second-order valence-electron chi connectivity index (χ2n) is 7.05. The van der Waals surface area contributed by atoms with Gasteiger partial charge in [-0.25, -0.2) is 0 Å². The summed E-state index contributed by atoms with van der Waals surface area (Å²) in [6.45, 7) is 4.21. The highest BCUT2D eigenvalue weighted by Crippen LogP contribution is 2.41. The third-order valence-electron chi connectivity index (χ3n) is 5.03. The Hall–Kier alpha value is -3.32. The Balaban J connectivity index is 1.98. The monoisotopic (exact) mass is 349 g/mol. The van der Waals surface area contributed by atoms with E-state index in [4.69, 9.17) is 5.73 Å². The van der Waals surface area contributed by atoms with E-state index in [0.29, 0.717) is 0 Å². The van der Waals surface area contributed by atoms with Crippen molar-refractivity contribution in [3.05, 3.63) is 102 Å². The number of hydrogen-bond donors (Lipinski definition) is 1. The summed E-state index contributed by atoms with van der Waals surface area (Å²) in [5.74, 6) is 0. The molecule has 0 amide bonds. The van der Waals surface area contributed by atoms with Crippen molar-refractivity contribution in [3.8, 4) is 33.4 Å². The topological polar surface area (TPSA) is 26.0 Å². The van der Waals surface area contributed by atoms with Crippen LogP contribution in [-0.2, 0) is 0 Å². The predicted octanol–water partition coefficient (Wildman–Crippen LogP) is 6.89. The first-order valence-electron chi connectivity index (χ1n) is 9.25. The van der Waals surface area contributed by atoms with Gasteiger partial charge in [0, 0.05) is 16.8 Å². The molecular weight excluding hydrogens is 326 g/mol. The van der Waals surface area contributed by atoms with E-state index in [9.17, 15) is 0 Å². The molecule has 0 bridgehead atoms. The van der Waals surface area contributed by atoms with Crippen LogP contribution in [0.1, 0.15) is 11.1 Å². The van der Waals surface area contributed by atoms with Crippen molar-refractivity contribution in [1.82, 2.24) is 0 Å². The largest absolute Gasteiger partial charge is 0.398 e. The fourth-order valence-electron chi connectivity index (χ4n) is 3.49. The number of benzene rings is 4. The summed E-state index contributed by atoms with van der Waals surface area (Å²) in [4.78, 5) is 0. The molecule has 4 rings (SSSR count). The molecule has 0 aromatic heterocycles. The lowest BCUT2D eigenvalue weighted by Crippen LogP contribution is -1.97. The summed E-state index contributed by atoms with van der Waals surface area (Å²) in [6.07, 6.45) is 0. The van der Waals surface area contributed by atoms with E-state index in [1.807, 2.05) is 18.2 Å². The highest BCUT2D eigenvalue weighted by atomic mass is 14.6. The Morgan fingerprint density at radius 3 is 1.56 bits per heavy atom. The molecule has 0 aliphatic rings. The molecule has 1 nitrogen and oxygen atoms in total. The maximum atomic E-state index is 6.75. The van der Waals surface area contributed by atoms with Gasteiger partial charge in [0.05, 0.1) is 0 Å². The van der Waals surface area contributed by atoms with E-state index >= 15 is 0 Å². The minimum atomic E-state index is 0.822. The van der Waals surface area contributed by atoms with Gasteiger partial charge in [-0.3, -0.25) is 0 Å². The normalized spacial score (nSPS) is 10.7. The van der Waals surface area contributed by atoms with Gasteiger partial charge in [-0.2, -0.15) is 0 Å². The van der Waals surface area contributed by atoms with Gasteiger partial charge >= 0.3 is 0 Å². The summed E-state index contributed by atoms with van der Waals surface area (Å²) in [5.41, 5.74) is 16.9. The van der Waals surface area contributed by atoms with Crippen LogP contribution in [-0.4, -0.2) is 0 Å². The van der Waals surface area contributed by atoms with Gasteiger partial charge in [0.1, 0.15) is 0 Å². The molecule has 0 fully saturated rings. The zero-order valence-electron chi connectivity index (χ0n) is 15.7. The van der Waals surface area contributed by atoms with Crippen molar-refractivity contribution >= 4 is 5.69 Å². The third kappa shape index (κ3) is 3.37. The average Bonchev–Trinajstić information content (AvgIpc) is 2.70. The molecule has 0 saturated carbocycles. The molecule has 4 aromatic rings. The Morgan fingerprint density at radius 1 is 0.481 bits per heavy atom. The molecule has 132 valence electrons. The zero-order valence-corrected chi connectivity index (χ0v) is 15.7. The zero-order chi connectivity index (χ0) is 18.8. The van der Waals surface area contributed by atoms with E-state index in [-0.39, 0.29) is 0 Å². The second-order valence-corrected chi connectivity index (χ2v) is 7.05. The molecule has 4 aromatic carbocycles. The predicted molar refractivity (Wildman–Crippen MR) is 117 cm³/mol. The standard InChI is InChI=1S/C26H23N/c1-18-8-12-21(13-9-18)23-16-17-24(20-6-4-3-5-7-20)26(27)25(23)22-14-10-19(2)11-15-22/h3-17H,27H2,1-2H3. The molecule has 0 unspecified atom stereocenters. The Bertz CT molecular complexity index is 1060. The van der Waals surface area contributed by atoms with E-state index in [0.717, 1.165) is 33.5 Å². The maximum absolute atomic E-state index is 6.75. The minimum Gasteiger partial charge on any atom is -0.398 e. The quantitative estimate of drug-likeness (QED) is 0.401. The average molecular weight is 349 g/mol. The molecule has 0 heterocycles. The Kier molecular flexibility index (Phi) is 4.52. The first-order valence-corrected chi connectivity index (χ1v) is 9.25. The van der Waals surface area contributed by atoms with Gasteiger partial charge in [-0.15, -0.1) is 0 Å². The molecule has 2 N–H and O–H groups in total. The van der Waals surface area contributed by atoms with Crippen molar-refractivity contribution in [3.63, 3.8) is 0 Å². The van der Waals surface area contributed by atoms with Crippen molar-refractivity contribution in [1.29, 1.82) is 0 Å². The van der Waals surface area contributed by atoms with Crippen molar-refractivity contribution < 1.29 is 0 Å². The van der Waals surface area contributed by atoms with E-state index in [2.05, 4.69) is 86.6 Å². The van der Waals surface area contributed by atoms with Crippen LogP contribution >= 0.6 is 0 Å². The van der Waals surface area contributed by atoms with Crippen molar-refractivity contribution in [2.45, 2.75) is 13.8 Å². The first-order chi connectivity index (χ1) is 13.1. The fourth-order valence-corrected chi connectivity index (χ4v) is 3.49. The number of anilines is 1. The lowest BCUT2D eigenvalue weighted by atomic mass is 9.88. The molecule has 0 spiro atoms. The first kappa shape index (κ1) is 17.1. The van der Waals surface area contributed by atoms with E-state index in [1.165, 1.54) is 16.7 Å². The van der Waals surface area contributed by atoms with Gasteiger partial charge < -0.3 is 5.73 Å². The lowest BCUT2D eigenvalue weighted by molar-refractivity contribution is 1.45. The molecule has 1 heteroatoms. The Labute approximate surface area is 161 Å². The van der Waals surface area contributed by atoms with Crippen LogP contribution in [0.4, 0.5) is 5.69 Å². The van der Waals surface area contributed by atoms with Crippen molar-refractivity contribution in [2.75, 3.05) is 5.73 Å². The maximum Gasteiger partial charge on any atom is 0.0479 e. The summed E-state index contributed by atoms with van der Waals surface area (Å²) < 4.78 is 0. The summed E-state index contributed by atoms with van der Waals surface area (Å²) in [6, 6.07) is 31.9. The fraction of sp³-hybridized carbons (Fsp3) is 0.0769. The molecule has 0 atom stereocenters. The molecule has 0 aliphatic carbocycles. The van der Waals surface area contributed by atoms with Gasteiger partial charge in [0.25, 0.3) is 0 Å². The van der Waals surface area contributed by atoms with Gasteiger partial charge in [0.15, 0.2) is 0 Å². The van der Waals surface area contributed by atoms with Crippen LogP contribution in [0.5, 0.6) is 0 Å². The van der Waals surface area contributed by atoms with Gasteiger partial charge in [-0.1, -0.05) is 102 Å². The smallest absolute Gasteiger partial charge is 0.0479 e. The number of hydrogen-bond acceptors (Lipinski definition) is 1. The lowest BCUT2D eigenvalue weighted by Gasteiger charge is -2.17. The molecule has 0 radical (unpaired) electrons. The highest BCUT2D eigenvalue weighted by Gasteiger charge is 2.15. The molecular formula is C26H23N. The summed E-state index contributed by atoms with van der Waals surface area (Å²) >= 11 is 0. The van der Waals surface area contributed by atoms with Crippen LogP contribution in [0.2, 0.25) is 0 Å². The summed E-state index contributed by atoms with van der Waals surface area (Å²) in [7, 11) is 0. The molecule has 27 heavy (non-hydrogen) atoms. The number of nitrogen functional groups attached to an aromatic ring is 1.